The maximum absolute atomic E-state index is 14.5. The summed E-state index contributed by atoms with van der Waals surface area (Å²) >= 11 is 6.31. The third kappa shape index (κ3) is 4.83. The van der Waals surface area contributed by atoms with E-state index in [1.807, 2.05) is 0 Å². The Morgan fingerprint density at radius 1 is 1.21 bits per heavy atom. The first kappa shape index (κ1) is 24.7. The number of hydrogen-bond donors (Lipinski definition) is 2. The van der Waals surface area contributed by atoms with E-state index in [0.717, 1.165) is 12.8 Å². The van der Waals surface area contributed by atoms with Crippen LogP contribution < -0.4 is 16.0 Å². The molecule has 0 amide bonds. The van der Waals surface area contributed by atoms with Crippen LogP contribution in [0.4, 0.5) is 10.2 Å². The molecule has 0 bridgehead atoms. The second-order valence-corrected chi connectivity index (χ2v) is 9.65. The Morgan fingerprint density at radius 3 is 2.77 bits per heavy atom. The van der Waals surface area contributed by atoms with E-state index in [-0.39, 0.29) is 22.8 Å². The molecular weight excluding hydrogens is 527 g/mol. The molecule has 1 aromatic carbocycles. The van der Waals surface area contributed by atoms with E-state index in [4.69, 9.17) is 22.1 Å². The van der Waals surface area contributed by atoms with Gasteiger partial charge in [0, 0.05) is 16.7 Å². The van der Waals surface area contributed by atoms with Crippen molar-refractivity contribution in [3.8, 4) is 34.0 Å². The predicted molar refractivity (Wildman–Crippen MR) is 140 cm³/mol. The van der Waals surface area contributed by atoms with Gasteiger partial charge in [-0.15, -0.1) is 10.2 Å². The van der Waals surface area contributed by atoms with Crippen LogP contribution in [0.15, 0.2) is 53.7 Å². The van der Waals surface area contributed by atoms with Crippen molar-refractivity contribution in [2.24, 2.45) is 5.92 Å². The summed E-state index contributed by atoms with van der Waals surface area (Å²) in [6, 6.07) is 9.07. The van der Waals surface area contributed by atoms with E-state index in [0.29, 0.717) is 45.7 Å². The van der Waals surface area contributed by atoms with Crippen LogP contribution in [0.5, 0.6) is 5.88 Å². The number of anilines is 1. The van der Waals surface area contributed by atoms with Crippen LogP contribution >= 0.6 is 11.6 Å². The molecule has 14 heteroatoms. The summed E-state index contributed by atoms with van der Waals surface area (Å²) in [4.78, 5) is 24.9. The van der Waals surface area contributed by atoms with Crippen molar-refractivity contribution in [1.29, 1.82) is 0 Å². The number of benzene rings is 1. The average molecular weight is 549 g/mol. The fourth-order valence-electron chi connectivity index (χ4n) is 4.50. The molecule has 0 spiro atoms. The Kier molecular flexibility index (Phi) is 6.27. The Hall–Kier alpha value is -4.65. The van der Waals surface area contributed by atoms with Crippen molar-refractivity contribution >= 4 is 17.4 Å². The van der Waals surface area contributed by atoms with Gasteiger partial charge in [-0.3, -0.25) is 4.79 Å². The molecular formula is C25H22ClFN10O2. The molecule has 1 unspecified atom stereocenters. The number of nitrogens with one attached hydrogen (secondary N) is 1. The minimum atomic E-state index is -0.717. The topological polar surface area (TPSA) is 155 Å². The normalized spacial score (nSPS) is 13.9. The van der Waals surface area contributed by atoms with Crippen molar-refractivity contribution in [2.45, 2.75) is 25.3 Å². The molecule has 1 saturated carbocycles. The molecule has 12 nitrogen and oxygen atoms in total. The molecule has 198 valence electrons. The van der Waals surface area contributed by atoms with Gasteiger partial charge in [-0.05, 0) is 53.1 Å². The number of ether oxygens (including phenoxy) is 1. The second kappa shape index (κ2) is 9.91. The van der Waals surface area contributed by atoms with Gasteiger partial charge in [0.2, 0.25) is 11.8 Å². The zero-order valence-electron chi connectivity index (χ0n) is 20.6. The van der Waals surface area contributed by atoms with Crippen molar-refractivity contribution in [3.63, 3.8) is 0 Å². The fraction of sp³-hybridized carbons (Fsp3) is 0.240. The number of rotatable bonds is 8. The number of pyridine rings is 1. The lowest BCUT2D eigenvalue weighted by Crippen LogP contribution is -2.29. The van der Waals surface area contributed by atoms with E-state index in [1.165, 1.54) is 47.2 Å². The van der Waals surface area contributed by atoms with Gasteiger partial charge < -0.3 is 15.5 Å². The fourth-order valence-corrected chi connectivity index (χ4v) is 4.68. The maximum Gasteiger partial charge on any atom is 0.268 e. The Labute approximate surface area is 225 Å². The number of nitrogens with two attached hydrogens (primary N) is 1. The van der Waals surface area contributed by atoms with Crippen LogP contribution in [-0.4, -0.2) is 52.0 Å². The molecule has 3 N–H and O–H groups in total. The molecule has 1 fully saturated rings. The molecule has 1 aliphatic carbocycles. The highest BCUT2D eigenvalue weighted by Crippen LogP contribution is 2.39. The monoisotopic (exact) mass is 548 g/mol. The second-order valence-electron chi connectivity index (χ2n) is 9.22. The van der Waals surface area contributed by atoms with Crippen LogP contribution in [0.1, 0.15) is 31.1 Å². The minimum absolute atomic E-state index is 0.0773. The molecule has 5 aromatic rings. The van der Waals surface area contributed by atoms with Gasteiger partial charge in [0.1, 0.15) is 24.0 Å². The first-order valence-electron chi connectivity index (χ1n) is 12.1. The molecule has 0 radical (unpaired) electrons. The maximum atomic E-state index is 14.5. The van der Waals surface area contributed by atoms with Crippen molar-refractivity contribution < 1.29 is 9.13 Å². The molecule has 0 saturated heterocycles. The van der Waals surface area contributed by atoms with Gasteiger partial charge >= 0.3 is 0 Å². The number of nitrogen functional groups attached to an aromatic ring is 1. The molecule has 4 heterocycles. The summed E-state index contributed by atoms with van der Waals surface area (Å²) in [5.74, 6) is 0.443. The van der Waals surface area contributed by atoms with E-state index in [9.17, 15) is 9.18 Å². The number of aromatic amines is 1. The van der Waals surface area contributed by atoms with Gasteiger partial charge in [-0.1, -0.05) is 24.4 Å². The van der Waals surface area contributed by atoms with Crippen molar-refractivity contribution in [3.05, 3.63) is 76.1 Å². The van der Waals surface area contributed by atoms with Gasteiger partial charge in [0.15, 0.2) is 0 Å². The lowest BCUT2D eigenvalue weighted by atomic mass is 10.0. The summed E-state index contributed by atoms with van der Waals surface area (Å²) < 4.78 is 22.9. The van der Waals surface area contributed by atoms with Crippen molar-refractivity contribution in [1.82, 2.24) is 44.9 Å². The van der Waals surface area contributed by atoms with Crippen LogP contribution in [0, 0.1) is 11.9 Å². The third-order valence-electron chi connectivity index (χ3n) is 6.58. The lowest BCUT2D eigenvalue weighted by molar-refractivity contribution is 0.356. The first-order chi connectivity index (χ1) is 18.9. The standard InChI is InChI=1S/C25H22ClFN10O2/c1-39-25-17(16-9-14(26)4-6-19(16)36-12-30-34-35-36)10-22(38)37(33-25)20(8-13-2-3-13)24-29-11-18(31-24)15-5-7-21(28)32-23(15)27/h4-7,9-13,20H,2-3,8H2,1H3,(H2,28,32)(H,29,31). The highest BCUT2D eigenvalue weighted by Gasteiger charge is 2.31. The molecule has 1 atom stereocenters. The third-order valence-corrected chi connectivity index (χ3v) is 6.82. The molecule has 6 rings (SSSR count). The first-order valence-corrected chi connectivity index (χ1v) is 12.5. The number of aromatic nitrogens is 9. The molecule has 4 aromatic heterocycles. The summed E-state index contributed by atoms with van der Waals surface area (Å²) in [7, 11) is 1.47. The zero-order chi connectivity index (χ0) is 27.1. The number of nitrogens with zero attached hydrogens (tertiary/aromatic N) is 8. The smallest absolute Gasteiger partial charge is 0.268 e. The van der Waals surface area contributed by atoms with Crippen LogP contribution in [0.2, 0.25) is 5.02 Å². The average Bonchev–Trinajstić information content (AvgIpc) is 3.35. The zero-order valence-corrected chi connectivity index (χ0v) is 21.4. The van der Waals surface area contributed by atoms with E-state index in [1.54, 1.807) is 18.2 Å². The molecule has 1 aliphatic rings. The lowest BCUT2D eigenvalue weighted by Gasteiger charge is -2.19. The van der Waals surface area contributed by atoms with E-state index in [2.05, 4.69) is 35.6 Å². The Morgan fingerprint density at radius 2 is 2.05 bits per heavy atom. The van der Waals surface area contributed by atoms with Gasteiger partial charge in [0.05, 0.1) is 35.8 Å². The number of hydrogen-bond acceptors (Lipinski definition) is 9. The highest BCUT2D eigenvalue weighted by molar-refractivity contribution is 6.31. The summed E-state index contributed by atoms with van der Waals surface area (Å²) in [6.45, 7) is 0. The molecule has 0 aliphatic heterocycles. The van der Waals surface area contributed by atoms with Crippen LogP contribution in [0.25, 0.3) is 28.1 Å². The summed E-state index contributed by atoms with van der Waals surface area (Å²) in [6.07, 6.45) is 5.66. The quantitative estimate of drug-likeness (QED) is 0.277. The van der Waals surface area contributed by atoms with Crippen LogP contribution in [-0.2, 0) is 0 Å². The minimum Gasteiger partial charge on any atom is -0.480 e. The number of methoxy groups -OCH3 is 1. The highest BCUT2D eigenvalue weighted by atomic mass is 35.5. The Bertz CT molecular complexity index is 1710. The summed E-state index contributed by atoms with van der Waals surface area (Å²) in [5, 5.41) is 16.4. The van der Waals surface area contributed by atoms with Gasteiger partial charge in [0.25, 0.3) is 5.56 Å². The Balaban J connectivity index is 1.44. The number of halogens is 2. The van der Waals surface area contributed by atoms with Gasteiger partial charge in [-0.25, -0.2) is 14.6 Å². The van der Waals surface area contributed by atoms with Crippen molar-refractivity contribution in [2.75, 3.05) is 12.8 Å². The van der Waals surface area contributed by atoms with Crippen LogP contribution in [0.3, 0.4) is 0 Å². The van der Waals surface area contributed by atoms with E-state index >= 15 is 0 Å². The number of tetrazole rings is 1. The summed E-state index contributed by atoms with van der Waals surface area (Å²) in [5.41, 5.74) is 7.42. The number of imidazole rings is 1. The van der Waals surface area contributed by atoms with E-state index < -0.39 is 12.0 Å². The largest absolute Gasteiger partial charge is 0.480 e. The predicted octanol–water partition coefficient (Wildman–Crippen LogP) is 3.44. The molecule has 39 heavy (non-hydrogen) atoms. The number of H-pyrrole nitrogens is 1. The van der Waals surface area contributed by atoms with Gasteiger partial charge in [-0.2, -0.15) is 9.07 Å². The SMILES string of the molecule is COc1nn(C(CC2CC2)c2ncc(-c3ccc(N)nc3F)[nH]2)c(=O)cc1-c1cc(Cl)ccc1-n1cnnn1.